The Bertz CT molecular complexity index is 551. The Morgan fingerprint density at radius 2 is 1.69 bits per heavy atom. The van der Waals surface area contributed by atoms with E-state index in [0.29, 0.717) is 12.8 Å². The van der Waals surface area contributed by atoms with E-state index < -0.39 is 24.0 Å². The fourth-order valence-electron chi connectivity index (χ4n) is 3.92. The number of carbonyl (C=O) groups is 4. The van der Waals surface area contributed by atoms with Crippen LogP contribution in [0.2, 0.25) is 0 Å². The molecule has 0 bridgehead atoms. The smallest absolute Gasteiger partial charge is 0.323 e. The van der Waals surface area contributed by atoms with Crippen molar-refractivity contribution in [2.24, 2.45) is 5.92 Å². The van der Waals surface area contributed by atoms with Gasteiger partial charge in [0.2, 0.25) is 5.91 Å². The molecule has 1 saturated heterocycles. The highest BCUT2D eigenvalue weighted by atomic mass is 16.2. The van der Waals surface area contributed by atoms with Crippen LogP contribution in [0.15, 0.2) is 0 Å². The second-order valence-corrected chi connectivity index (χ2v) is 7.28. The van der Waals surface area contributed by atoms with Gasteiger partial charge in [0.15, 0.2) is 0 Å². The maximum atomic E-state index is 12.7. The van der Waals surface area contributed by atoms with Crippen LogP contribution >= 0.6 is 0 Å². The van der Waals surface area contributed by atoms with Crippen molar-refractivity contribution >= 4 is 23.8 Å². The Morgan fingerprint density at radius 1 is 1.08 bits per heavy atom. The van der Waals surface area contributed by atoms with E-state index in [-0.39, 0.29) is 17.7 Å². The molecule has 2 fully saturated rings. The first-order valence-corrected chi connectivity index (χ1v) is 9.66. The van der Waals surface area contributed by atoms with Gasteiger partial charge in [0.1, 0.15) is 12.1 Å². The number of imide groups is 1. The molecule has 3 N–H and O–H groups in total. The van der Waals surface area contributed by atoms with Gasteiger partial charge in [-0.2, -0.15) is 0 Å². The zero-order valence-corrected chi connectivity index (χ0v) is 15.7. The average Bonchev–Trinajstić information content (AvgIpc) is 2.85. The first-order valence-electron chi connectivity index (χ1n) is 9.66. The van der Waals surface area contributed by atoms with Crippen molar-refractivity contribution in [1.82, 2.24) is 21.1 Å². The zero-order chi connectivity index (χ0) is 19.2. The minimum absolute atomic E-state index is 0.0810. The van der Waals surface area contributed by atoms with Gasteiger partial charge in [-0.05, 0) is 25.7 Å². The molecule has 0 spiro atoms. The average molecular weight is 366 g/mol. The van der Waals surface area contributed by atoms with E-state index in [9.17, 15) is 19.2 Å². The van der Waals surface area contributed by atoms with E-state index in [4.69, 9.17) is 0 Å². The third kappa shape index (κ3) is 4.53. The molecule has 2 aliphatic rings. The number of nitrogens with one attached hydrogen (secondary N) is 3. The van der Waals surface area contributed by atoms with Crippen molar-refractivity contribution in [1.29, 1.82) is 0 Å². The largest absolute Gasteiger partial charge is 0.325 e. The minimum Gasteiger partial charge on any atom is -0.323 e. The molecule has 8 nitrogen and oxygen atoms in total. The highest BCUT2D eigenvalue weighted by Gasteiger charge is 2.50. The number of hydrogen-bond donors (Lipinski definition) is 3. The molecule has 0 unspecified atom stereocenters. The van der Waals surface area contributed by atoms with Crippen LogP contribution in [-0.2, 0) is 14.4 Å². The van der Waals surface area contributed by atoms with Crippen LogP contribution < -0.4 is 16.2 Å². The van der Waals surface area contributed by atoms with Crippen molar-refractivity contribution in [3.8, 4) is 0 Å². The van der Waals surface area contributed by atoms with Crippen molar-refractivity contribution in [3.05, 3.63) is 0 Å². The molecule has 0 atom stereocenters. The Hall–Kier alpha value is -2.12. The molecule has 26 heavy (non-hydrogen) atoms. The first kappa shape index (κ1) is 20.2. The predicted octanol–water partition coefficient (Wildman–Crippen LogP) is 1.60. The Kier molecular flexibility index (Phi) is 6.99. The number of hydrogen-bond acceptors (Lipinski definition) is 4. The van der Waals surface area contributed by atoms with E-state index in [1.54, 1.807) is 0 Å². The fraction of sp³-hybridized carbons (Fsp3) is 0.778. The Labute approximate surface area is 154 Å². The molecule has 0 radical (unpaired) electrons. The molecule has 1 aliphatic heterocycles. The normalized spacial score (nSPS) is 20.0. The van der Waals surface area contributed by atoms with Gasteiger partial charge in [-0.25, -0.2) is 4.79 Å². The second kappa shape index (κ2) is 9.00. The maximum Gasteiger partial charge on any atom is 0.325 e. The highest BCUT2D eigenvalue weighted by Crippen LogP contribution is 2.28. The SMILES string of the molecule is CCCC1(CCC)NC(=O)N(CC(=O)NNC(=O)C2CCCCC2)C1=O. The van der Waals surface area contributed by atoms with E-state index >= 15 is 0 Å². The topological polar surface area (TPSA) is 108 Å². The summed E-state index contributed by atoms with van der Waals surface area (Å²) < 4.78 is 0. The lowest BCUT2D eigenvalue weighted by Crippen LogP contribution is -2.50. The van der Waals surface area contributed by atoms with Gasteiger partial charge in [-0.15, -0.1) is 0 Å². The van der Waals surface area contributed by atoms with Gasteiger partial charge in [-0.1, -0.05) is 46.0 Å². The van der Waals surface area contributed by atoms with E-state index in [0.717, 1.165) is 49.8 Å². The number of hydrazine groups is 1. The Morgan fingerprint density at radius 3 is 2.27 bits per heavy atom. The van der Waals surface area contributed by atoms with E-state index in [1.165, 1.54) is 0 Å². The molecule has 0 aromatic rings. The third-order valence-electron chi connectivity index (χ3n) is 5.20. The molecule has 1 heterocycles. The van der Waals surface area contributed by atoms with Crippen molar-refractivity contribution < 1.29 is 19.2 Å². The molecule has 0 aromatic carbocycles. The lowest BCUT2D eigenvalue weighted by Gasteiger charge is -2.25. The number of carbonyl (C=O) groups excluding carboxylic acids is 4. The quantitative estimate of drug-likeness (QED) is 0.470. The Balaban J connectivity index is 1.88. The van der Waals surface area contributed by atoms with E-state index in [2.05, 4.69) is 16.2 Å². The predicted molar refractivity (Wildman–Crippen MR) is 95.7 cm³/mol. The molecule has 1 aliphatic carbocycles. The summed E-state index contributed by atoms with van der Waals surface area (Å²) in [6, 6.07) is -0.550. The highest BCUT2D eigenvalue weighted by molar-refractivity contribution is 6.09. The van der Waals surface area contributed by atoms with Crippen molar-refractivity contribution in [2.45, 2.75) is 77.2 Å². The monoisotopic (exact) mass is 366 g/mol. The number of amides is 5. The molecule has 8 heteroatoms. The second-order valence-electron chi connectivity index (χ2n) is 7.28. The summed E-state index contributed by atoms with van der Waals surface area (Å²) in [7, 11) is 0. The van der Waals surface area contributed by atoms with Gasteiger partial charge in [0.25, 0.3) is 11.8 Å². The molecule has 2 rings (SSSR count). The van der Waals surface area contributed by atoms with Gasteiger partial charge in [0, 0.05) is 5.92 Å². The molecule has 1 saturated carbocycles. The lowest BCUT2D eigenvalue weighted by atomic mass is 9.88. The summed E-state index contributed by atoms with van der Waals surface area (Å²) >= 11 is 0. The summed E-state index contributed by atoms with van der Waals surface area (Å²) in [4.78, 5) is 50.0. The van der Waals surface area contributed by atoms with Crippen LogP contribution in [0.3, 0.4) is 0 Å². The number of nitrogens with zero attached hydrogens (tertiary/aromatic N) is 1. The molecule has 0 aromatic heterocycles. The number of rotatable bonds is 7. The fourth-order valence-corrected chi connectivity index (χ4v) is 3.92. The first-order chi connectivity index (χ1) is 12.4. The maximum absolute atomic E-state index is 12.7. The van der Waals surface area contributed by atoms with Gasteiger partial charge < -0.3 is 5.32 Å². The summed E-state index contributed by atoms with van der Waals surface area (Å²) in [5.41, 5.74) is 3.83. The molecule has 146 valence electrons. The molecule has 5 amide bonds. The summed E-state index contributed by atoms with van der Waals surface area (Å²) in [6.45, 7) is 3.50. The van der Waals surface area contributed by atoms with Gasteiger partial charge >= 0.3 is 6.03 Å². The summed E-state index contributed by atoms with van der Waals surface area (Å²) in [5.74, 6) is -1.23. The van der Waals surface area contributed by atoms with Crippen LogP contribution in [0.25, 0.3) is 0 Å². The lowest BCUT2D eigenvalue weighted by molar-refractivity contribution is -0.136. The zero-order valence-electron chi connectivity index (χ0n) is 15.7. The van der Waals surface area contributed by atoms with Crippen LogP contribution in [0.4, 0.5) is 4.79 Å². The molecular weight excluding hydrogens is 336 g/mol. The standard InChI is InChI=1S/C18H30N4O4/c1-3-10-18(11-4-2)16(25)22(17(26)19-18)12-14(23)20-21-15(24)13-8-6-5-7-9-13/h13H,3-12H2,1-2H3,(H,19,26)(H,20,23)(H,21,24). The minimum atomic E-state index is -0.911. The summed E-state index contributed by atoms with van der Waals surface area (Å²) in [5, 5.41) is 2.76. The van der Waals surface area contributed by atoms with Crippen molar-refractivity contribution in [3.63, 3.8) is 0 Å². The van der Waals surface area contributed by atoms with Crippen LogP contribution in [0.5, 0.6) is 0 Å². The van der Waals surface area contributed by atoms with Crippen LogP contribution in [0, 0.1) is 5.92 Å². The van der Waals surface area contributed by atoms with Crippen molar-refractivity contribution in [2.75, 3.05) is 6.54 Å². The molecular formula is C18H30N4O4. The number of urea groups is 1. The van der Waals surface area contributed by atoms with E-state index in [1.807, 2.05) is 13.8 Å². The van der Waals surface area contributed by atoms with Crippen LogP contribution in [-0.4, -0.2) is 40.7 Å². The summed E-state index contributed by atoms with van der Waals surface area (Å²) in [6.07, 6.45) is 7.42. The van der Waals surface area contributed by atoms with Gasteiger partial charge in [-0.3, -0.25) is 30.1 Å². The third-order valence-corrected chi connectivity index (χ3v) is 5.20. The van der Waals surface area contributed by atoms with Gasteiger partial charge in [0.05, 0.1) is 0 Å². The van der Waals surface area contributed by atoms with Crippen LogP contribution in [0.1, 0.15) is 71.6 Å².